The maximum Gasteiger partial charge on any atom is 0.244 e. The van der Waals surface area contributed by atoms with E-state index in [1.165, 1.54) is 17.3 Å². The van der Waals surface area contributed by atoms with Crippen molar-refractivity contribution < 1.29 is 8.42 Å². The molecule has 2 aromatic rings. The van der Waals surface area contributed by atoms with Crippen molar-refractivity contribution in [3.05, 3.63) is 47.3 Å². The third kappa shape index (κ3) is 2.58. The molecule has 2 aliphatic rings. The fourth-order valence-corrected chi connectivity index (χ4v) is 5.91. The van der Waals surface area contributed by atoms with E-state index < -0.39 is 10.0 Å². The van der Waals surface area contributed by atoms with Crippen molar-refractivity contribution in [2.24, 2.45) is 18.9 Å². The summed E-state index contributed by atoms with van der Waals surface area (Å²) >= 11 is 0. The van der Waals surface area contributed by atoms with Crippen LogP contribution in [0, 0.1) is 18.8 Å². The minimum absolute atomic E-state index is 0.0157. The summed E-state index contributed by atoms with van der Waals surface area (Å²) in [5, 5.41) is 4.08. The number of fused-ring (bicyclic) bond motifs is 3. The van der Waals surface area contributed by atoms with Gasteiger partial charge in [0.15, 0.2) is 0 Å². The number of nitrogens with zero attached hydrogens (tertiary/aromatic N) is 2. The van der Waals surface area contributed by atoms with Crippen molar-refractivity contribution in [1.29, 1.82) is 0 Å². The van der Waals surface area contributed by atoms with E-state index in [1.807, 2.05) is 0 Å². The lowest BCUT2D eigenvalue weighted by atomic mass is 9.94. The molecule has 2 bridgehead atoms. The number of sulfonamides is 1. The lowest BCUT2D eigenvalue weighted by Crippen LogP contribution is -2.41. The maximum absolute atomic E-state index is 12.9. The minimum atomic E-state index is -3.53. The van der Waals surface area contributed by atoms with E-state index in [2.05, 4.69) is 34.1 Å². The molecule has 1 saturated carbocycles. The predicted octanol–water partition coefficient (Wildman–Crippen LogP) is 2.20. The van der Waals surface area contributed by atoms with Gasteiger partial charge in [0.1, 0.15) is 4.90 Å². The summed E-state index contributed by atoms with van der Waals surface area (Å²) in [5.41, 5.74) is 3.43. The van der Waals surface area contributed by atoms with Crippen LogP contribution >= 0.6 is 0 Å². The standard InChI is InChI=1S/C18H23N3O2S/c1-12-17(11-19-21(12)2)24(22,23)20-18-15-7-8-16(18)10-14-6-4-3-5-13(14)9-15/h3-6,11,15-16,18,20H,7-10H2,1-2H3. The van der Waals surface area contributed by atoms with Gasteiger partial charge in [-0.25, -0.2) is 13.1 Å². The lowest BCUT2D eigenvalue weighted by molar-refractivity contribution is 0.386. The molecular weight excluding hydrogens is 322 g/mol. The van der Waals surface area contributed by atoms with Gasteiger partial charge in [-0.05, 0) is 55.6 Å². The highest BCUT2D eigenvalue weighted by Crippen LogP contribution is 2.40. The van der Waals surface area contributed by atoms with Gasteiger partial charge < -0.3 is 0 Å². The average molecular weight is 345 g/mol. The molecule has 2 aliphatic carbocycles. The molecule has 0 aliphatic heterocycles. The third-order valence-corrected chi connectivity index (χ3v) is 7.34. The number of hydrogen-bond donors (Lipinski definition) is 1. The van der Waals surface area contributed by atoms with Gasteiger partial charge in [-0.1, -0.05) is 24.3 Å². The highest BCUT2D eigenvalue weighted by Gasteiger charge is 2.41. The third-order valence-electron chi connectivity index (χ3n) is 5.78. The Kier molecular flexibility index (Phi) is 3.77. The van der Waals surface area contributed by atoms with E-state index in [0.717, 1.165) is 25.7 Å². The topological polar surface area (TPSA) is 64.0 Å². The molecule has 0 spiro atoms. The van der Waals surface area contributed by atoms with Crippen LogP contribution in [0.2, 0.25) is 0 Å². The van der Waals surface area contributed by atoms with Gasteiger partial charge in [0.05, 0.1) is 11.9 Å². The molecule has 1 N–H and O–H groups in total. The van der Waals surface area contributed by atoms with E-state index in [0.29, 0.717) is 22.4 Å². The van der Waals surface area contributed by atoms with Gasteiger partial charge in [0.2, 0.25) is 10.0 Å². The molecule has 2 unspecified atom stereocenters. The number of benzene rings is 1. The number of nitrogens with one attached hydrogen (secondary N) is 1. The molecule has 2 atom stereocenters. The zero-order chi connectivity index (χ0) is 16.9. The van der Waals surface area contributed by atoms with Crippen LogP contribution in [0.25, 0.3) is 0 Å². The van der Waals surface area contributed by atoms with Crippen molar-refractivity contribution in [1.82, 2.24) is 14.5 Å². The first-order valence-corrected chi connectivity index (χ1v) is 10.0. The van der Waals surface area contributed by atoms with Crippen LogP contribution in [-0.2, 0) is 29.9 Å². The lowest BCUT2D eigenvalue weighted by Gasteiger charge is -2.23. The molecule has 1 aromatic heterocycles. The molecule has 128 valence electrons. The Morgan fingerprint density at radius 3 is 2.21 bits per heavy atom. The first-order valence-electron chi connectivity index (χ1n) is 8.53. The fraction of sp³-hybridized carbons (Fsp3) is 0.500. The van der Waals surface area contributed by atoms with Crippen molar-refractivity contribution in [2.75, 3.05) is 0 Å². The van der Waals surface area contributed by atoms with Crippen LogP contribution < -0.4 is 4.72 Å². The molecule has 6 heteroatoms. The zero-order valence-corrected chi connectivity index (χ0v) is 14.9. The number of aryl methyl sites for hydroxylation is 1. The van der Waals surface area contributed by atoms with E-state index in [-0.39, 0.29) is 6.04 Å². The van der Waals surface area contributed by atoms with Crippen LogP contribution in [0.1, 0.15) is 29.7 Å². The monoisotopic (exact) mass is 345 g/mol. The normalized spacial score (nSPS) is 26.2. The SMILES string of the molecule is Cc1c(S(=O)(=O)NC2C3CCC2Cc2ccccc2C3)cnn1C. The predicted molar refractivity (Wildman–Crippen MR) is 92.1 cm³/mol. The molecule has 4 rings (SSSR count). The second-order valence-corrected chi connectivity index (χ2v) is 8.82. The van der Waals surface area contributed by atoms with Crippen LogP contribution in [0.15, 0.2) is 35.4 Å². The summed E-state index contributed by atoms with van der Waals surface area (Å²) < 4.78 is 30.4. The van der Waals surface area contributed by atoms with Gasteiger partial charge in [0, 0.05) is 13.1 Å². The quantitative estimate of drug-likeness (QED) is 0.927. The van der Waals surface area contributed by atoms with Gasteiger partial charge >= 0.3 is 0 Å². The highest BCUT2D eigenvalue weighted by molar-refractivity contribution is 7.89. The Balaban J connectivity index is 1.63. The minimum Gasteiger partial charge on any atom is -0.272 e. The van der Waals surface area contributed by atoms with Gasteiger partial charge in [-0.3, -0.25) is 4.68 Å². The van der Waals surface area contributed by atoms with Crippen molar-refractivity contribution in [3.63, 3.8) is 0 Å². The van der Waals surface area contributed by atoms with Crippen molar-refractivity contribution >= 4 is 10.0 Å². The molecule has 0 radical (unpaired) electrons. The average Bonchev–Trinajstić information content (AvgIpc) is 3.00. The Morgan fingerprint density at radius 1 is 1.12 bits per heavy atom. The van der Waals surface area contributed by atoms with Crippen LogP contribution in [0.5, 0.6) is 0 Å². The van der Waals surface area contributed by atoms with Crippen LogP contribution in [0.3, 0.4) is 0 Å². The summed E-state index contributed by atoms with van der Waals surface area (Å²) in [6, 6.07) is 8.55. The summed E-state index contributed by atoms with van der Waals surface area (Å²) in [6.45, 7) is 1.79. The summed E-state index contributed by atoms with van der Waals surface area (Å²) in [5.74, 6) is 0.760. The van der Waals surface area contributed by atoms with E-state index in [4.69, 9.17) is 0 Å². The molecule has 0 saturated heterocycles. The Hall–Kier alpha value is -1.66. The fourth-order valence-electron chi connectivity index (χ4n) is 4.33. The molecule has 24 heavy (non-hydrogen) atoms. The maximum atomic E-state index is 12.9. The molecule has 1 heterocycles. The van der Waals surface area contributed by atoms with Crippen molar-refractivity contribution in [2.45, 2.75) is 43.5 Å². The number of aromatic nitrogens is 2. The Bertz CT molecular complexity index is 839. The molecular formula is C18H23N3O2S. The summed E-state index contributed by atoms with van der Waals surface area (Å²) in [4.78, 5) is 0.297. The Morgan fingerprint density at radius 2 is 1.71 bits per heavy atom. The van der Waals surface area contributed by atoms with E-state index in [9.17, 15) is 8.42 Å². The zero-order valence-electron chi connectivity index (χ0n) is 14.1. The number of hydrogen-bond acceptors (Lipinski definition) is 3. The summed E-state index contributed by atoms with van der Waals surface area (Å²) in [7, 11) is -1.77. The first kappa shape index (κ1) is 15.8. The first-order chi connectivity index (χ1) is 11.5. The van der Waals surface area contributed by atoms with Gasteiger partial charge in [-0.2, -0.15) is 5.10 Å². The largest absolute Gasteiger partial charge is 0.272 e. The van der Waals surface area contributed by atoms with Gasteiger partial charge in [0.25, 0.3) is 0 Å². The second kappa shape index (κ2) is 5.70. The highest BCUT2D eigenvalue weighted by atomic mass is 32.2. The smallest absolute Gasteiger partial charge is 0.244 e. The summed E-state index contributed by atoms with van der Waals surface area (Å²) in [6.07, 6.45) is 5.57. The van der Waals surface area contributed by atoms with Crippen LogP contribution in [-0.4, -0.2) is 24.2 Å². The molecule has 5 nitrogen and oxygen atoms in total. The van der Waals surface area contributed by atoms with Crippen molar-refractivity contribution in [3.8, 4) is 0 Å². The van der Waals surface area contributed by atoms with Gasteiger partial charge in [-0.15, -0.1) is 0 Å². The van der Waals surface area contributed by atoms with Crippen LogP contribution in [0.4, 0.5) is 0 Å². The molecule has 0 amide bonds. The Labute approximate surface area is 143 Å². The molecule has 1 fully saturated rings. The second-order valence-electron chi connectivity index (χ2n) is 7.14. The molecule has 1 aromatic carbocycles. The van der Waals surface area contributed by atoms with E-state index in [1.54, 1.807) is 18.7 Å². The number of rotatable bonds is 3. The van der Waals surface area contributed by atoms with E-state index >= 15 is 0 Å².